The third-order valence-electron chi connectivity index (χ3n) is 7.77. The van der Waals surface area contributed by atoms with E-state index in [1.807, 2.05) is 0 Å². The SMILES string of the molecule is CC1CCC(=Nc2cc(CN3CCCC3C)cc(NC3CCC(O)CC3)n2)SC2=NCCC=C21. The number of fused-ring (bicyclic) bond motifs is 1. The number of aromatic nitrogens is 1. The lowest BCUT2D eigenvalue weighted by Gasteiger charge is -2.27. The van der Waals surface area contributed by atoms with Crippen LogP contribution in [0.2, 0.25) is 0 Å². The third kappa shape index (κ3) is 5.92. The molecule has 2 saturated heterocycles. The molecule has 6 nitrogen and oxygen atoms in total. The van der Waals surface area contributed by atoms with Crippen LogP contribution in [0.15, 0.2) is 33.8 Å². The van der Waals surface area contributed by atoms with E-state index < -0.39 is 0 Å². The molecule has 1 aromatic rings. The lowest BCUT2D eigenvalue weighted by molar-refractivity contribution is 0.126. The Labute approximate surface area is 208 Å². The first-order chi connectivity index (χ1) is 16.5. The average Bonchev–Trinajstić information content (AvgIpc) is 3.15. The molecule has 1 saturated carbocycles. The number of anilines is 1. The van der Waals surface area contributed by atoms with Gasteiger partial charge in [-0.3, -0.25) is 9.89 Å². The number of aliphatic imine (C=N–C) groups is 2. The molecule has 3 aliphatic heterocycles. The van der Waals surface area contributed by atoms with Crippen molar-refractivity contribution in [3.63, 3.8) is 0 Å². The summed E-state index contributed by atoms with van der Waals surface area (Å²) in [5.41, 5.74) is 2.69. The molecule has 0 bridgehead atoms. The molecule has 0 aromatic carbocycles. The van der Waals surface area contributed by atoms with Crippen LogP contribution in [0.4, 0.5) is 11.6 Å². The minimum Gasteiger partial charge on any atom is -0.393 e. The molecule has 4 heterocycles. The maximum Gasteiger partial charge on any atom is 0.155 e. The van der Waals surface area contributed by atoms with Crippen molar-refractivity contribution >= 4 is 33.5 Å². The Morgan fingerprint density at radius 3 is 2.79 bits per heavy atom. The van der Waals surface area contributed by atoms with Crippen molar-refractivity contribution in [2.24, 2.45) is 15.9 Å². The monoisotopic (exact) mass is 481 g/mol. The van der Waals surface area contributed by atoms with Crippen LogP contribution >= 0.6 is 11.8 Å². The van der Waals surface area contributed by atoms with E-state index in [1.165, 1.54) is 30.5 Å². The lowest BCUT2D eigenvalue weighted by atomic mass is 9.93. The van der Waals surface area contributed by atoms with Crippen molar-refractivity contribution in [3.8, 4) is 0 Å². The second-order valence-electron chi connectivity index (χ2n) is 10.5. The number of dihydropyridines is 1. The quantitative estimate of drug-likeness (QED) is 0.564. The number of nitrogens with zero attached hydrogens (tertiary/aromatic N) is 4. The summed E-state index contributed by atoms with van der Waals surface area (Å²) >= 11 is 1.75. The summed E-state index contributed by atoms with van der Waals surface area (Å²) in [6.07, 6.45) is 11.6. The minimum absolute atomic E-state index is 0.146. The summed E-state index contributed by atoms with van der Waals surface area (Å²) in [6, 6.07) is 5.40. The smallest absolute Gasteiger partial charge is 0.155 e. The first-order valence-corrected chi connectivity index (χ1v) is 14.0. The van der Waals surface area contributed by atoms with E-state index in [0.29, 0.717) is 18.0 Å². The number of hydrogen-bond acceptors (Lipinski definition) is 7. The van der Waals surface area contributed by atoms with Crippen molar-refractivity contribution in [2.45, 2.75) is 96.4 Å². The number of hydrogen-bond donors (Lipinski definition) is 2. The van der Waals surface area contributed by atoms with Crippen LogP contribution in [0, 0.1) is 5.92 Å². The maximum atomic E-state index is 9.89. The highest BCUT2D eigenvalue weighted by Gasteiger charge is 2.25. The van der Waals surface area contributed by atoms with Gasteiger partial charge in [-0.15, -0.1) is 0 Å². The Morgan fingerprint density at radius 2 is 2.00 bits per heavy atom. The Hall–Kier alpha value is -1.70. The van der Waals surface area contributed by atoms with Gasteiger partial charge < -0.3 is 10.4 Å². The Morgan fingerprint density at radius 1 is 1.15 bits per heavy atom. The van der Waals surface area contributed by atoms with Gasteiger partial charge in [0.1, 0.15) is 5.82 Å². The van der Waals surface area contributed by atoms with Crippen LogP contribution < -0.4 is 5.32 Å². The number of aliphatic hydroxyl groups excluding tert-OH is 1. The van der Waals surface area contributed by atoms with Crippen LogP contribution in [0.5, 0.6) is 0 Å². The molecular formula is C27H39N5OS. The summed E-state index contributed by atoms with van der Waals surface area (Å²) in [5, 5.41) is 15.8. The van der Waals surface area contributed by atoms with Gasteiger partial charge in [0.15, 0.2) is 5.82 Å². The first-order valence-electron chi connectivity index (χ1n) is 13.2. The van der Waals surface area contributed by atoms with Gasteiger partial charge in [0.2, 0.25) is 0 Å². The minimum atomic E-state index is -0.146. The van der Waals surface area contributed by atoms with E-state index in [0.717, 1.165) is 79.8 Å². The van der Waals surface area contributed by atoms with E-state index in [-0.39, 0.29) is 6.10 Å². The normalized spacial score (nSPS) is 31.6. The van der Waals surface area contributed by atoms with Crippen LogP contribution in [0.1, 0.15) is 77.2 Å². The summed E-state index contributed by atoms with van der Waals surface area (Å²) in [6.45, 7) is 7.65. The Bertz CT molecular complexity index is 966. The fourth-order valence-electron chi connectivity index (χ4n) is 5.62. The Kier molecular flexibility index (Phi) is 7.71. The molecule has 5 rings (SSSR count). The molecule has 4 aliphatic rings. The third-order valence-corrected chi connectivity index (χ3v) is 8.86. The van der Waals surface area contributed by atoms with E-state index >= 15 is 0 Å². The molecule has 2 atom stereocenters. The lowest BCUT2D eigenvalue weighted by Crippen LogP contribution is -2.29. The highest BCUT2D eigenvalue weighted by atomic mass is 32.2. The average molecular weight is 482 g/mol. The molecule has 0 amide bonds. The highest BCUT2D eigenvalue weighted by molar-refractivity contribution is 8.27. The van der Waals surface area contributed by atoms with Gasteiger partial charge in [0.25, 0.3) is 0 Å². The van der Waals surface area contributed by atoms with Crippen LogP contribution in [0.3, 0.4) is 0 Å². The molecular weight excluding hydrogens is 442 g/mol. The predicted molar refractivity (Wildman–Crippen MR) is 143 cm³/mol. The van der Waals surface area contributed by atoms with Crippen LogP contribution in [0.25, 0.3) is 0 Å². The number of rotatable bonds is 5. The van der Waals surface area contributed by atoms with Crippen LogP contribution in [-0.4, -0.2) is 56.4 Å². The molecule has 1 aromatic heterocycles. The van der Waals surface area contributed by atoms with E-state index in [2.05, 4.69) is 42.3 Å². The zero-order valence-electron chi connectivity index (χ0n) is 20.7. The number of thioether (sulfide) groups is 1. The van der Waals surface area contributed by atoms with Gasteiger partial charge in [0.05, 0.1) is 16.2 Å². The first kappa shape index (κ1) is 24.0. The second kappa shape index (κ2) is 10.9. The standard InChI is InChI=1S/C27H39N5OS/c1-18-7-12-26(34-27-23(18)6-3-13-28-27)31-25-16-20(17-32-14-4-5-19(32)2)15-24(30-25)29-21-8-10-22(33)11-9-21/h6,15-16,18-19,21-22,33H,3-5,7-14,17H2,1-2H3,(H,29,30). The number of pyridine rings is 1. The molecule has 2 unspecified atom stereocenters. The second-order valence-corrected chi connectivity index (χ2v) is 11.6. The van der Waals surface area contributed by atoms with E-state index in [9.17, 15) is 5.11 Å². The van der Waals surface area contributed by atoms with Crippen molar-refractivity contribution in [3.05, 3.63) is 29.3 Å². The molecule has 2 N–H and O–H groups in total. The summed E-state index contributed by atoms with van der Waals surface area (Å²) < 4.78 is 0. The van der Waals surface area contributed by atoms with E-state index in [4.69, 9.17) is 15.0 Å². The molecule has 1 aliphatic carbocycles. The molecule has 184 valence electrons. The summed E-state index contributed by atoms with van der Waals surface area (Å²) in [5.74, 6) is 2.27. The van der Waals surface area contributed by atoms with Gasteiger partial charge in [-0.05, 0) is 100 Å². The zero-order valence-corrected chi connectivity index (χ0v) is 21.5. The number of aliphatic hydroxyl groups is 1. The molecule has 7 heteroatoms. The molecule has 34 heavy (non-hydrogen) atoms. The van der Waals surface area contributed by atoms with E-state index in [1.54, 1.807) is 11.8 Å². The van der Waals surface area contributed by atoms with Gasteiger partial charge in [0, 0.05) is 25.2 Å². The van der Waals surface area contributed by atoms with Gasteiger partial charge >= 0.3 is 0 Å². The van der Waals surface area contributed by atoms with Crippen molar-refractivity contribution < 1.29 is 5.11 Å². The van der Waals surface area contributed by atoms with Crippen molar-refractivity contribution in [1.82, 2.24) is 9.88 Å². The topological polar surface area (TPSA) is 73.1 Å². The molecule has 3 fully saturated rings. The maximum absolute atomic E-state index is 9.89. The largest absolute Gasteiger partial charge is 0.393 e. The van der Waals surface area contributed by atoms with Crippen molar-refractivity contribution in [2.75, 3.05) is 18.4 Å². The Balaban J connectivity index is 1.40. The van der Waals surface area contributed by atoms with Gasteiger partial charge in [-0.1, -0.05) is 24.8 Å². The summed E-state index contributed by atoms with van der Waals surface area (Å²) in [4.78, 5) is 17.4. The number of likely N-dealkylation sites (tertiary alicyclic amines) is 1. The fraction of sp³-hybridized carbons (Fsp3) is 0.667. The molecule has 0 spiro atoms. The number of nitrogens with one attached hydrogen (secondary N) is 1. The van der Waals surface area contributed by atoms with Crippen molar-refractivity contribution in [1.29, 1.82) is 0 Å². The van der Waals surface area contributed by atoms with Crippen LogP contribution in [-0.2, 0) is 6.54 Å². The van der Waals surface area contributed by atoms with Gasteiger partial charge in [-0.2, -0.15) is 0 Å². The fourth-order valence-corrected chi connectivity index (χ4v) is 6.76. The van der Waals surface area contributed by atoms with Gasteiger partial charge in [-0.25, -0.2) is 9.98 Å². The highest BCUT2D eigenvalue weighted by Crippen LogP contribution is 2.34. The molecule has 0 radical (unpaired) electrons. The predicted octanol–water partition coefficient (Wildman–Crippen LogP) is 5.70. The zero-order chi connectivity index (χ0) is 23.5. The summed E-state index contributed by atoms with van der Waals surface area (Å²) in [7, 11) is 0.